The SMILES string of the molecule is CC(O)C1C(=O)N2C(CP(=O)=O)=C(SC3CC(C(=O)N(C)C)N(C(=O)O)C3)C(C)C12. The number of amides is 3. The van der Waals surface area contributed by atoms with Crippen LogP contribution in [-0.2, 0) is 18.7 Å². The Morgan fingerprint density at radius 2 is 1.97 bits per heavy atom. The number of likely N-dealkylation sites (N-methyl/N-ethyl adjacent to an activating group) is 1. The second-order valence-corrected chi connectivity index (χ2v) is 10.5. The van der Waals surface area contributed by atoms with Crippen molar-refractivity contribution in [1.82, 2.24) is 14.7 Å². The highest BCUT2D eigenvalue weighted by Crippen LogP contribution is 2.53. The second kappa shape index (κ2) is 8.36. The number of hydrogen-bond acceptors (Lipinski definition) is 7. The van der Waals surface area contributed by atoms with Gasteiger partial charge in [-0.15, -0.1) is 11.8 Å². The van der Waals surface area contributed by atoms with E-state index in [1.807, 2.05) is 6.92 Å². The molecule has 2 N–H and O–H groups in total. The summed E-state index contributed by atoms with van der Waals surface area (Å²) in [6.07, 6.45) is -2.00. The molecule has 0 aromatic rings. The number of carboxylic acid groups (broad SMARTS) is 1. The molecule has 12 heteroatoms. The third kappa shape index (κ3) is 3.78. The summed E-state index contributed by atoms with van der Waals surface area (Å²) in [6.45, 7) is 3.57. The van der Waals surface area contributed by atoms with Crippen LogP contribution in [0.5, 0.6) is 0 Å². The molecule has 0 aromatic heterocycles. The number of carbonyl (C=O) groups excluding carboxylic acids is 2. The molecule has 0 aliphatic carbocycles. The first-order chi connectivity index (χ1) is 14.0. The van der Waals surface area contributed by atoms with Gasteiger partial charge in [-0.05, 0) is 13.3 Å². The van der Waals surface area contributed by atoms with Gasteiger partial charge >= 0.3 is 13.8 Å². The minimum Gasteiger partial charge on any atom is -0.465 e. The lowest BCUT2D eigenvalue weighted by molar-refractivity contribution is -0.159. The molecule has 3 aliphatic heterocycles. The van der Waals surface area contributed by atoms with E-state index in [1.54, 1.807) is 21.0 Å². The molecular formula is C18H26N3O7PS. The molecule has 166 valence electrons. The van der Waals surface area contributed by atoms with Gasteiger partial charge in [0, 0.05) is 42.4 Å². The van der Waals surface area contributed by atoms with E-state index in [1.165, 1.54) is 21.6 Å². The summed E-state index contributed by atoms with van der Waals surface area (Å²) in [5.41, 5.74) is 0.416. The number of aliphatic hydroxyl groups is 1. The second-order valence-electron chi connectivity index (χ2n) is 8.21. The van der Waals surface area contributed by atoms with Gasteiger partial charge in [-0.2, -0.15) is 0 Å². The van der Waals surface area contributed by atoms with Gasteiger partial charge in [0.05, 0.1) is 24.2 Å². The molecule has 10 nitrogen and oxygen atoms in total. The number of β-lactam (4-membered cyclic amide) rings is 1. The number of carbonyl (C=O) groups is 3. The molecule has 0 saturated carbocycles. The number of rotatable bonds is 6. The molecule has 3 aliphatic rings. The predicted octanol–water partition coefficient (Wildman–Crippen LogP) is 1.17. The highest BCUT2D eigenvalue weighted by Gasteiger charge is 2.59. The smallest absolute Gasteiger partial charge is 0.408 e. The molecule has 0 spiro atoms. The van der Waals surface area contributed by atoms with Gasteiger partial charge in [0.2, 0.25) is 11.8 Å². The number of nitrogens with zero attached hydrogens (tertiary/aromatic N) is 3. The van der Waals surface area contributed by atoms with Crippen LogP contribution in [0.25, 0.3) is 0 Å². The van der Waals surface area contributed by atoms with E-state index in [-0.39, 0.29) is 41.7 Å². The Bertz CT molecular complexity index is 864. The molecule has 3 heterocycles. The Morgan fingerprint density at radius 1 is 1.33 bits per heavy atom. The van der Waals surface area contributed by atoms with Crippen molar-refractivity contribution in [2.24, 2.45) is 11.8 Å². The summed E-state index contributed by atoms with van der Waals surface area (Å²) < 4.78 is 22.9. The Labute approximate surface area is 179 Å². The molecule has 6 atom stereocenters. The molecule has 30 heavy (non-hydrogen) atoms. The molecule has 3 amide bonds. The summed E-state index contributed by atoms with van der Waals surface area (Å²) in [7, 11) is 0.364. The van der Waals surface area contributed by atoms with Crippen LogP contribution in [0.15, 0.2) is 10.6 Å². The van der Waals surface area contributed by atoms with E-state index in [0.717, 1.165) is 9.81 Å². The quantitative estimate of drug-likeness (QED) is 0.446. The van der Waals surface area contributed by atoms with Crippen molar-refractivity contribution in [1.29, 1.82) is 0 Å². The first-order valence-corrected chi connectivity index (χ1v) is 11.9. The number of thioether (sulfide) groups is 1. The van der Waals surface area contributed by atoms with Gasteiger partial charge in [-0.1, -0.05) is 6.92 Å². The fourth-order valence-corrected chi connectivity index (χ4v) is 6.87. The lowest BCUT2D eigenvalue weighted by Crippen LogP contribution is -2.63. The zero-order valence-electron chi connectivity index (χ0n) is 17.2. The number of fused-ring (bicyclic) bond motifs is 1. The Morgan fingerprint density at radius 3 is 2.47 bits per heavy atom. The Balaban J connectivity index is 1.87. The molecule has 6 unspecified atom stereocenters. The monoisotopic (exact) mass is 459 g/mol. The van der Waals surface area contributed by atoms with Gasteiger partial charge in [0.1, 0.15) is 6.04 Å². The van der Waals surface area contributed by atoms with E-state index in [2.05, 4.69) is 0 Å². The molecular weight excluding hydrogens is 433 g/mol. The zero-order chi connectivity index (χ0) is 22.5. The average molecular weight is 459 g/mol. The third-order valence-electron chi connectivity index (χ3n) is 6.02. The number of hydrogen-bond donors (Lipinski definition) is 2. The molecule has 2 saturated heterocycles. The van der Waals surface area contributed by atoms with Gasteiger partial charge in [-0.25, -0.2) is 13.9 Å². The summed E-state index contributed by atoms with van der Waals surface area (Å²) in [6, 6.07) is -1.10. The third-order valence-corrected chi connectivity index (χ3v) is 8.11. The van der Waals surface area contributed by atoms with Crippen molar-refractivity contribution in [3.8, 4) is 0 Å². The molecule has 0 radical (unpaired) electrons. The van der Waals surface area contributed by atoms with Gasteiger partial charge in [-0.3, -0.25) is 14.5 Å². The molecule has 0 aromatic carbocycles. The van der Waals surface area contributed by atoms with Crippen molar-refractivity contribution in [2.75, 3.05) is 26.8 Å². The van der Waals surface area contributed by atoms with Crippen molar-refractivity contribution in [3.63, 3.8) is 0 Å². The highest BCUT2D eigenvalue weighted by atomic mass is 32.2. The standard InChI is InChI=1S/C18H26N3O7PS/c1-8-14-13(9(2)22)17(24)21(14)12(7-29(27)28)15(8)30-10-5-11(16(23)19(3)4)20(6-10)18(25)26/h8-11,13-14,22H,5-7H2,1-4H3,(H,25,26). The van der Waals surface area contributed by atoms with Crippen LogP contribution in [-0.4, -0.2) is 93.1 Å². The van der Waals surface area contributed by atoms with Crippen LogP contribution < -0.4 is 0 Å². The maximum absolute atomic E-state index is 12.6. The normalized spacial score (nSPS) is 31.5. The van der Waals surface area contributed by atoms with E-state index >= 15 is 0 Å². The summed E-state index contributed by atoms with van der Waals surface area (Å²) in [5, 5.41) is 19.3. The van der Waals surface area contributed by atoms with Crippen LogP contribution in [0.4, 0.5) is 4.79 Å². The Hall–Kier alpha value is -1.84. The average Bonchev–Trinajstić information content (AvgIpc) is 3.13. The van der Waals surface area contributed by atoms with Crippen molar-refractivity contribution < 1.29 is 33.7 Å². The van der Waals surface area contributed by atoms with Crippen LogP contribution in [0.1, 0.15) is 20.3 Å². The van der Waals surface area contributed by atoms with Gasteiger partial charge in [0.25, 0.3) is 0 Å². The maximum atomic E-state index is 12.6. The molecule has 2 fully saturated rings. The van der Waals surface area contributed by atoms with Crippen LogP contribution in [0.3, 0.4) is 0 Å². The minimum atomic E-state index is -2.78. The van der Waals surface area contributed by atoms with Crippen LogP contribution >= 0.6 is 19.4 Å². The van der Waals surface area contributed by atoms with Crippen molar-refractivity contribution in [2.45, 2.75) is 43.7 Å². The van der Waals surface area contributed by atoms with Crippen molar-refractivity contribution in [3.05, 3.63) is 10.6 Å². The first-order valence-electron chi connectivity index (χ1n) is 9.69. The maximum Gasteiger partial charge on any atom is 0.408 e. The van der Waals surface area contributed by atoms with E-state index in [4.69, 9.17) is 0 Å². The minimum absolute atomic E-state index is 0.135. The Kier molecular flexibility index (Phi) is 6.36. The summed E-state index contributed by atoms with van der Waals surface area (Å²) in [5.74, 6) is -1.35. The molecule has 3 rings (SSSR count). The molecule has 0 bridgehead atoms. The zero-order valence-corrected chi connectivity index (χ0v) is 18.9. The largest absolute Gasteiger partial charge is 0.465 e. The van der Waals surface area contributed by atoms with E-state index in [9.17, 15) is 33.7 Å². The summed E-state index contributed by atoms with van der Waals surface area (Å²) in [4.78, 5) is 41.3. The van der Waals surface area contributed by atoms with Crippen LogP contribution in [0.2, 0.25) is 0 Å². The lowest BCUT2D eigenvalue weighted by atomic mass is 9.79. The number of likely N-dealkylation sites (tertiary alicyclic amines) is 1. The predicted molar refractivity (Wildman–Crippen MR) is 108 cm³/mol. The summed E-state index contributed by atoms with van der Waals surface area (Å²) >= 11 is 1.35. The fraction of sp³-hybridized carbons (Fsp3) is 0.722. The van der Waals surface area contributed by atoms with Crippen molar-refractivity contribution >= 4 is 37.3 Å². The van der Waals surface area contributed by atoms with Crippen LogP contribution in [0, 0.1) is 11.8 Å². The number of allylic oxidation sites excluding steroid dienone is 1. The topological polar surface area (TPSA) is 136 Å². The number of aliphatic hydroxyl groups excluding tert-OH is 1. The fourth-order valence-electron chi connectivity index (χ4n) is 4.67. The highest BCUT2D eigenvalue weighted by molar-refractivity contribution is 8.03. The van der Waals surface area contributed by atoms with Gasteiger partial charge in [0.15, 0.2) is 0 Å². The van der Waals surface area contributed by atoms with E-state index < -0.39 is 31.8 Å². The first kappa shape index (κ1) is 22.8. The van der Waals surface area contributed by atoms with E-state index in [0.29, 0.717) is 12.1 Å². The lowest BCUT2D eigenvalue weighted by Gasteiger charge is -2.47. The van der Waals surface area contributed by atoms with Gasteiger partial charge < -0.3 is 20.0 Å².